The summed E-state index contributed by atoms with van der Waals surface area (Å²) in [5, 5.41) is 1.86. The number of amides is 1. The van der Waals surface area contributed by atoms with Gasteiger partial charge in [0.25, 0.3) is 0 Å². The molecule has 2 rings (SSSR count). The summed E-state index contributed by atoms with van der Waals surface area (Å²) in [7, 11) is 0. The molecule has 0 bridgehead atoms. The molecule has 104 valence electrons. The Balaban J connectivity index is 1.85. The molecule has 0 atom stereocenters. The van der Waals surface area contributed by atoms with Crippen LogP contribution in [0.4, 0.5) is 18.9 Å². The topological polar surface area (TPSA) is 58.4 Å². The first-order chi connectivity index (χ1) is 8.83. The first-order valence-electron chi connectivity index (χ1n) is 5.76. The Morgan fingerprint density at radius 3 is 2.68 bits per heavy atom. The Kier molecular flexibility index (Phi) is 3.66. The van der Waals surface area contributed by atoms with Crippen molar-refractivity contribution < 1.29 is 18.0 Å². The lowest BCUT2D eigenvalue weighted by molar-refractivity contribution is -0.139. The van der Waals surface area contributed by atoms with Gasteiger partial charge in [-0.2, -0.15) is 13.2 Å². The highest BCUT2D eigenvalue weighted by Crippen LogP contribution is 2.24. The molecule has 4 nitrogen and oxygen atoms in total. The van der Waals surface area contributed by atoms with Crippen LogP contribution in [-0.2, 0) is 17.9 Å². The second kappa shape index (κ2) is 5.08. The summed E-state index contributed by atoms with van der Waals surface area (Å²) in [4.78, 5) is 13.2. The standard InChI is InChI=1S/C12H14F3N3O/c13-12(14,15)7-17-11(19)6-18-4-8-1-2-10(16)3-9(8)5-18/h1-3H,4-7,16H2,(H,17,19). The van der Waals surface area contributed by atoms with Crippen LogP contribution in [0.5, 0.6) is 0 Å². The summed E-state index contributed by atoms with van der Waals surface area (Å²) in [5.74, 6) is -0.627. The smallest absolute Gasteiger partial charge is 0.399 e. The Labute approximate surface area is 108 Å². The number of fused-ring (bicyclic) bond motifs is 1. The number of nitrogen functional groups attached to an aromatic ring is 1. The van der Waals surface area contributed by atoms with Gasteiger partial charge in [0.05, 0.1) is 6.54 Å². The van der Waals surface area contributed by atoms with Gasteiger partial charge in [0.2, 0.25) is 5.91 Å². The van der Waals surface area contributed by atoms with Crippen molar-refractivity contribution in [3.05, 3.63) is 29.3 Å². The predicted octanol–water partition coefficient (Wildman–Crippen LogP) is 1.26. The van der Waals surface area contributed by atoms with Gasteiger partial charge in [-0.15, -0.1) is 0 Å². The van der Waals surface area contributed by atoms with Crippen LogP contribution in [0, 0.1) is 0 Å². The first-order valence-corrected chi connectivity index (χ1v) is 5.76. The molecule has 0 aliphatic carbocycles. The van der Waals surface area contributed by atoms with Crippen molar-refractivity contribution in [2.24, 2.45) is 0 Å². The summed E-state index contributed by atoms with van der Waals surface area (Å²) in [6.07, 6.45) is -4.38. The van der Waals surface area contributed by atoms with Crippen LogP contribution in [0.15, 0.2) is 18.2 Å². The lowest BCUT2D eigenvalue weighted by Crippen LogP contribution is -2.39. The van der Waals surface area contributed by atoms with Crippen molar-refractivity contribution in [2.45, 2.75) is 19.3 Å². The predicted molar refractivity (Wildman–Crippen MR) is 64.0 cm³/mol. The second-order valence-electron chi connectivity index (χ2n) is 4.57. The molecule has 0 saturated heterocycles. The van der Waals surface area contributed by atoms with E-state index in [4.69, 9.17) is 5.73 Å². The number of halogens is 3. The monoisotopic (exact) mass is 273 g/mol. The van der Waals surface area contributed by atoms with Crippen LogP contribution in [-0.4, -0.2) is 30.1 Å². The molecule has 0 spiro atoms. The molecule has 0 radical (unpaired) electrons. The normalized spacial score (nSPS) is 15.3. The fraction of sp³-hybridized carbons (Fsp3) is 0.417. The van der Waals surface area contributed by atoms with E-state index in [1.165, 1.54) is 0 Å². The van der Waals surface area contributed by atoms with E-state index in [1.54, 1.807) is 11.0 Å². The fourth-order valence-electron chi connectivity index (χ4n) is 2.05. The zero-order valence-corrected chi connectivity index (χ0v) is 10.1. The molecule has 1 heterocycles. The number of alkyl halides is 3. The number of nitrogens with one attached hydrogen (secondary N) is 1. The molecule has 0 unspecified atom stereocenters. The van der Waals surface area contributed by atoms with Gasteiger partial charge in [0.1, 0.15) is 6.54 Å². The number of rotatable bonds is 3. The summed E-state index contributed by atoms with van der Waals surface area (Å²) < 4.78 is 35.8. The third-order valence-electron chi connectivity index (χ3n) is 2.87. The quantitative estimate of drug-likeness (QED) is 0.815. The number of carbonyl (C=O) groups excluding carboxylic acids is 1. The molecule has 0 fully saturated rings. The molecule has 1 aromatic carbocycles. The first kappa shape index (κ1) is 13.7. The van der Waals surface area contributed by atoms with Gasteiger partial charge in [0, 0.05) is 18.8 Å². The van der Waals surface area contributed by atoms with Crippen molar-refractivity contribution in [2.75, 3.05) is 18.8 Å². The van der Waals surface area contributed by atoms with Crippen LogP contribution >= 0.6 is 0 Å². The molecule has 19 heavy (non-hydrogen) atoms. The number of hydrogen-bond acceptors (Lipinski definition) is 3. The highest BCUT2D eigenvalue weighted by atomic mass is 19.4. The molecular weight excluding hydrogens is 259 g/mol. The van der Waals surface area contributed by atoms with Crippen molar-refractivity contribution in [3.8, 4) is 0 Å². The largest absolute Gasteiger partial charge is 0.405 e. The van der Waals surface area contributed by atoms with E-state index in [9.17, 15) is 18.0 Å². The maximum atomic E-state index is 11.9. The summed E-state index contributed by atoms with van der Waals surface area (Å²) in [6, 6.07) is 5.47. The van der Waals surface area contributed by atoms with E-state index in [0.29, 0.717) is 18.8 Å². The lowest BCUT2D eigenvalue weighted by Gasteiger charge is -2.15. The van der Waals surface area contributed by atoms with Gasteiger partial charge in [-0.05, 0) is 23.3 Å². The maximum absolute atomic E-state index is 11.9. The highest BCUT2D eigenvalue weighted by Gasteiger charge is 2.28. The molecule has 0 aromatic heterocycles. The molecular formula is C12H14F3N3O. The van der Waals surface area contributed by atoms with Crippen LogP contribution in [0.1, 0.15) is 11.1 Å². The summed E-state index contributed by atoms with van der Waals surface area (Å²) >= 11 is 0. The lowest BCUT2D eigenvalue weighted by atomic mass is 10.1. The molecule has 1 aliphatic heterocycles. The van der Waals surface area contributed by atoms with Gasteiger partial charge >= 0.3 is 6.18 Å². The Hall–Kier alpha value is -1.76. The van der Waals surface area contributed by atoms with Gasteiger partial charge < -0.3 is 11.1 Å². The van der Waals surface area contributed by atoms with Crippen LogP contribution in [0.2, 0.25) is 0 Å². The average Bonchev–Trinajstić information content (AvgIpc) is 2.66. The SMILES string of the molecule is Nc1ccc2c(c1)CN(CC(=O)NCC(F)(F)F)C2. The van der Waals surface area contributed by atoms with Crippen LogP contribution in [0.25, 0.3) is 0 Å². The number of nitrogens with two attached hydrogens (primary N) is 1. The average molecular weight is 273 g/mol. The van der Waals surface area contributed by atoms with E-state index >= 15 is 0 Å². The van der Waals surface area contributed by atoms with Crippen molar-refractivity contribution >= 4 is 11.6 Å². The Bertz CT molecular complexity index is 488. The minimum absolute atomic E-state index is 0.0509. The molecule has 1 aromatic rings. The van der Waals surface area contributed by atoms with Gasteiger partial charge in [-0.3, -0.25) is 9.69 Å². The number of anilines is 1. The summed E-state index contributed by atoms with van der Waals surface area (Å²) in [6.45, 7) is -0.265. The van der Waals surface area contributed by atoms with E-state index in [-0.39, 0.29) is 6.54 Å². The zero-order chi connectivity index (χ0) is 14.0. The van der Waals surface area contributed by atoms with Crippen molar-refractivity contribution in [3.63, 3.8) is 0 Å². The molecule has 1 aliphatic rings. The van der Waals surface area contributed by atoms with E-state index in [0.717, 1.165) is 11.1 Å². The fourth-order valence-corrected chi connectivity index (χ4v) is 2.05. The molecule has 1 amide bonds. The highest BCUT2D eigenvalue weighted by molar-refractivity contribution is 5.78. The zero-order valence-electron chi connectivity index (χ0n) is 10.1. The van der Waals surface area contributed by atoms with Crippen LogP contribution in [0.3, 0.4) is 0 Å². The minimum atomic E-state index is -4.38. The van der Waals surface area contributed by atoms with Gasteiger partial charge in [-0.1, -0.05) is 6.07 Å². The third-order valence-corrected chi connectivity index (χ3v) is 2.87. The molecule has 7 heteroatoms. The third kappa shape index (κ3) is 3.85. The maximum Gasteiger partial charge on any atom is 0.405 e. The number of hydrogen-bond donors (Lipinski definition) is 2. The van der Waals surface area contributed by atoms with E-state index in [2.05, 4.69) is 0 Å². The molecule has 3 N–H and O–H groups in total. The minimum Gasteiger partial charge on any atom is -0.399 e. The number of nitrogens with zero attached hydrogens (tertiary/aromatic N) is 1. The van der Waals surface area contributed by atoms with E-state index < -0.39 is 18.6 Å². The number of carbonyl (C=O) groups is 1. The summed E-state index contributed by atoms with van der Waals surface area (Å²) in [5.41, 5.74) is 8.36. The van der Waals surface area contributed by atoms with Crippen molar-refractivity contribution in [1.29, 1.82) is 0 Å². The number of benzene rings is 1. The van der Waals surface area contributed by atoms with Gasteiger partial charge in [0.15, 0.2) is 0 Å². The van der Waals surface area contributed by atoms with E-state index in [1.807, 2.05) is 17.4 Å². The molecule has 0 saturated carbocycles. The van der Waals surface area contributed by atoms with Gasteiger partial charge in [-0.25, -0.2) is 0 Å². The second-order valence-corrected chi connectivity index (χ2v) is 4.57. The van der Waals surface area contributed by atoms with Crippen LogP contribution < -0.4 is 11.1 Å². The Morgan fingerprint density at radius 1 is 1.32 bits per heavy atom. The Morgan fingerprint density at radius 2 is 2.00 bits per heavy atom. The van der Waals surface area contributed by atoms with Crippen molar-refractivity contribution in [1.82, 2.24) is 10.2 Å².